The van der Waals surface area contributed by atoms with Crippen LogP contribution in [0.3, 0.4) is 0 Å². The van der Waals surface area contributed by atoms with Crippen LogP contribution in [0.25, 0.3) is 0 Å². The van der Waals surface area contributed by atoms with E-state index < -0.39 is 18.0 Å². The summed E-state index contributed by atoms with van der Waals surface area (Å²) in [5.74, 6) is -1.28. The molecule has 110 valence electrons. The van der Waals surface area contributed by atoms with Gasteiger partial charge in [0, 0.05) is 12.3 Å². The van der Waals surface area contributed by atoms with Gasteiger partial charge in [0.1, 0.15) is 6.04 Å². The summed E-state index contributed by atoms with van der Waals surface area (Å²) in [6.45, 7) is 0. The van der Waals surface area contributed by atoms with Gasteiger partial charge in [0.15, 0.2) is 0 Å². The fourth-order valence-electron chi connectivity index (χ4n) is 2.98. The molecule has 2 aliphatic carbocycles. The lowest BCUT2D eigenvalue weighted by Crippen LogP contribution is -2.44. The highest BCUT2D eigenvalue weighted by molar-refractivity contribution is 5.86. The fraction of sp³-hybridized carbons (Fsp3) is 0.643. The molecule has 4 atom stereocenters. The molecular formula is C14H19NO5. The maximum atomic E-state index is 12.1. The van der Waals surface area contributed by atoms with Crippen molar-refractivity contribution >= 4 is 17.8 Å². The monoisotopic (exact) mass is 281 g/mol. The van der Waals surface area contributed by atoms with Crippen LogP contribution in [0.15, 0.2) is 12.2 Å². The molecule has 2 aliphatic rings. The minimum Gasteiger partial charge on any atom is -0.480 e. The number of hydrogen-bond donors (Lipinski definition) is 2. The quantitative estimate of drug-likeness (QED) is 0.553. The van der Waals surface area contributed by atoms with Crippen LogP contribution in [0.1, 0.15) is 25.7 Å². The summed E-state index contributed by atoms with van der Waals surface area (Å²) in [5.41, 5.74) is 0. The van der Waals surface area contributed by atoms with Gasteiger partial charge in [-0.25, -0.2) is 4.79 Å². The molecule has 3 unspecified atom stereocenters. The summed E-state index contributed by atoms with van der Waals surface area (Å²) in [5, 5.41) is 11.6. The van der Waals surface area contributed by atoms with E-state index in [2.05, 4.69) is 16.1 Å². The summed E-state index contributed by atoms with van der Waals surface area (Å²) in [7, 11) is 1.25. The van der Waals surface area contributed by atoms with Crippen molar-refractivity contribution in [1.29, 1.82) is 0 Å². The molecule has 2 bridgehead atoms. The van der Waals surface area contributed by atoms with Gasteiger partial charge in [0.25, 0.3) is 0 Å². The number of fused-ring (bicyclic) bond motifs is 2. The van der Waals surface area contributed by atoms with Gasteiger partial charge in [-0.2, -0.15) is 0 Å². The predicted molar refractivity (Wildman–Crippen MR) is 69.7 cm³/mol. The number of nitrogens with one attached hydrogen (secondary N) is 1. The number of allylic oxidation sites excluding steroid dienone is 2. The molecule has 0 radical (unpaired) electrons. The summed E-state index contributed by atoms with van der Waals surface area (Å²) >= 11 is 0. The minimum atomic E-state index is -1.12. The van der Waals surface area contributed by atoms with Crippen LogP contribution in [0, 0.1) is 17.8 Å². The van der Waals surface area contributed by atoms with Gasteiger partial charge in [0.2, 0.25) is 5.91 Å². The Morgan fingerprint density at radius 3 is 2.60 bits per heavy atom. The van der Waals surface area contributed by atoms with Crippen LogP contribution >= 0.6 is 0 Å². The fourth-order valence-corrected chi connectivity index (χ4v) is 2.98. The average molecular weight is 281 g/mol. The molecule has 0 aliphatic heterocycles. The highest BCUT2D eigenvalue weighted by Crippen LogP contribution is 2.43. The third-order valence-electron chi connectivity index (χ3n) is 4.10. The van der Waals surface area contributed by atoms with Crippen molar-refractivity contribution in [2.45, 2.75) is 31.7 Å². The number of hydrogen-bond acceptors (Lipinski definition) is 4. The molecule has 2 N–H and O–H groups in total. The molecule has 20 heavy (non-hydrogen) atoms. The van der Waals surface area contributed by atoms with E-state index in [0.29, 0.717) is 5.92 Å². The van der Waals surface area contributed by atoms with Gasteiger partial charge in [-0.15, -0.1) is 0 Å². The number of esters is 1. The van der Waals surface area contributed by atoms with Crippen molar-refractivity contribution in [2.75, 3.05) is 7.11 Å². The predicted octanol–water partition coefficient (Wildman–Crippen LogP) is 0.721. The molecule has 0 spiro atoms. The van der Waals surface area contributed by atoms with Crippen molar-refractivity contribution in [3.8, 4) is 0 Å². The van der Waals surface area contributed by atoms with Crippen LogP contribution in [-0.4, -0.2) is 36.1 Å². The number of rotatable bonds is 6. The summed E-state index contributed by atoms with van der Waals surface area (Å²) in [6.07, 6.45) is 5.96. The zero-order chi connectivity index (χ0) is 14.7. The van der Waals surface area contributed by atoms with E-state index in [1.54, 1.807) is 0 Å². The third kappa shape index (κ3) is 3.18. The highest BCUT2D eigenvalue weighted by Gasteiger charge is 2.40. The minimum absolute atomic E-state index is 0.0234. The van der Waals surface area contributed by atoms with Crippen LogP contribution < -0.4 is 5.32 Å². The number of amides is 1. The normalized spacial score (nSPS) is 28.1. The summed E-state index contributed by atoms with van der Waals surface area (Å²) < 4.78 is 4.47. The zero-order valence-electron chi connectivity index (χ0n) is 11.4. The maximum absolute atomic E-state index is 12.1. The molecule has 6 nitrogen and oxygen atoms in total. The molecule has 0 aromatic rings. The van der Waals surface area contributed by atoms with Gasteiger partial charge in [-0.05, 0) is 31.1 Å². The molecule has 6 heteroatoms. The molecule has 1 fully saturated rings. The Kier molecular flexibility index (Phi) is 4.42. The molecule has 1 amide bonds. The SMILES string of the molecule is COC(=O)CC[C@@H](NC(=O)C1CC2C=CC1C2)C(=O)O. The van der Waals surface area contributed by atoms with Crippen LogP contribution in [-0.2, 0) is 19.1 Å². The first-order chi connectivity index (χ1) is 9.51. The second-order valence-electron chi connectivity index (χ2n) is 5.40. The van der Waals surface area contributed by atoms with E-state index in [9.17, 15) is 14.4 Å². The first-order valence-electron chi connectivity index (χ1n) is 6.79. The topological polar surface area (TPSA) is 92.7 Å². The Morgan fingerprint density at radius 1 is 1.35 bits per heavy atom. The average Bonchev–Trinajstić information content (AvgIpc) is 3.04. The van der Waals surface area contributed by atoms with Crippen molar-refractivity contribution in [1.82, 2.24) is 5.32 Å². The van der Waals surface area contributed by atoms with Crippen LogP contribution in [0.4, 0.5) is 0 Å². The number of aliphatic carboxylic acids is 1. The molecule has 0 aromatic carbocycles. The van der Waals surface area contributed by atoms with E-state index in [-0.39, 0.29) is 30.6 Å². The maximum Gasteiger partial charge on any atom is 0.326 e. The van der Waals surface area contributed by atoms with Crippen molar-refractivity contribution < 1.29 is 24.2 Å². The van der Waals surface area contributed by atoms with Gasteiger partial charge in [-0.3, -0.25) is 9.59 Å². The molecular weight excluding hydrogens is 262 g/mol. The zero-order valence-corrected chi connectivity index (χ0v) is 11.4. The third-order valence-corrected chi connectivity index (χ3v) is 4.10. The lowest BCUT2D eigenvalue weighted by Gasteiger charge is -2.21. The first kappa shape index (κ1) is 14.6. The Bertz CT molecular complexity index is 445. The van der Waals surface area contributed by atoms with Gasteiger partial charge < -0.3 is 15.2 Å². The number of carboxylic acids is 1. The largest absolute Gasteiger partial charge is 0.480 e. The Balaban J connectivity index is 1.88. The smallest absolute Gasteiger partial charge is 0.326 e. The van der Waals surface area contributed by atoms with E-state index in [1.165, 1.54) is 7.11 Å². The lowest BCUT2D eigenvalue weighted by atomic mass is 9.92. The first-order valence-corrected chi connectivity index (χ1v) is 6.79. The standard InChI is InChI=1S/C14H19NO5/c1-20-12(16)5-4-11(14(18)19)15-13(17)10-7-8-2-3-9(10)6-8/h2-3,8-11H,4-7H2,1H3,(H,15,17)(H,18,19)/t8?,9?,10?,11-/m1/s1. The van der Waals surface area contributed by atoms with Crippen molar-refractivity contribution in [3.05, 3.63) is 12.2 Å². The van der Waals surface area contributed by atoms with Crippen LogP contribution in [0.5, 0.6) is 0 Å². The molecule has 2 rings (SSSR count). The molecule has 0 aromatic heterocycles. The Morgan fingerprint density at radius 2 is 2.10 bits per heavy atom. The van der Waals surface area contributed by atoms with Crippen LogP contribution in [0.2, 0.25) is 0 Å². The number of carboxylic acid groups (broad SMARTS) is 1. The van der Waals surface area contributed by atoms with E-state index in [1.807, 2.05) is 6.08 Å². The summed E-state index contributed by atoms with van der Waals surface area (Å²) in [6, 6.07) is -1.04. The van der Waals surface area contributed by atoms with Crippen molar-refractivity contribution in [2.24, 2.45) is 17.8 Å². The van der Waals surface area contributed by atoms with Crippen molar-refractivity contribution in [3.63, 3.8) is 0 Å². The molecule has 0 heterocycles. The Hall–Kier alpha value is -1.85. The lowest BCUT2D eigenvalue weighted by molar-refractivity contribution is -0.144. The number of methoxy groups -OCH3 is 1. The second kappa shape index (κ2) is 6.07. The Labute approximate surface area is 117 Å². The highest BCUT2D eigenvalue weighted by atomic mass is 16.5. The number of carbonyl (C=O) groups is 3. The van der Waals surface area contributed by atoms with E-state index in [4.69, 9.17) is 5.11 Å². The number of ether oxygens (including phenoxy) is 1. The van der Waals surface area contributed by atoms with E-state index in [0.717, 1.165) is 12.8 Å². The summed E-state index contributed by atoms with van der Waals surface area (Å²) in [4.78, 5) is 34.3. The molecule has 1 saturated carbocycles. The van der Waals surface area contributed by atoms with Gasteiger partial charge >= 0.3 is 11.9 Å². The second-order valence-corrected chi connectivity index (χ2v) is 5.40. The van der Waals surface area contributed by atoms with Gasteiger partial charge in [-0.1, -0.05) is 12.2 Å². The van der Waals surface area contributed by atoms with Gasteiger partial charge in [0.05, 0.1) is 7.11 Å². The number of carbonyl (C=O) groups excluding carboxylic acids is 2. The molecule has 0 saturated heterocycles. The van der Waals surface area contributed by atoms with E-state index >= 15 is 0 Å².